The Hall–Kier alpha value is -2.25. The molecule has 0 bridgehead atoms. The van der Waals surface area contributed by atoms with Gasteiger partial charge in [0.25, 0.3) is 0 Å². The summed E-state index contributed by atoms with van der Waals surface area (Å²) in [6.45, 7) is 0.369. The number of benzene rings is 2. The van der Waals surface area contributed by atoms with E-state index in [0.717, 1.165) is 0 Å². The molecule has 0 saturated carbocycles. The first-order valence-corrected chi connectivity index (χ1v) is 8.44. The Morgan fingerprint density at radius 2 is 1.70 bits per heavy atom. The number of nitrogens with one attached hydrogen (secondary N) is 1. The van der Waals surface area contributed by atoms with Gasteiger partial charge in [-0.2, -0.15) is 0 Å². The first kappa shape index (κ1) is 17.1. The number of hydrogen-bond acceptors (Lipinski definition) is 5. The highest BCUT2D eigenvalue weighted by Gasteiger charge is 2.19. The summed E-state index contributed by atoms with van der Waals surface area (Å²) in [7, 11) is -0.782. The summed E-state index contributed by atoms with van der Waals surface area (Å²) < 4.78 is 42.8. The van der Waals surface area contributed by atoms with Gasteiger partial charge in [0, 0.05) is 12.6 Å². The monoisotopic (exact) mass is 337 g/mol. The summed E-state index contributed by atoms with van der Waals surface area (Å²) in [5, 5.41) is 0. The summed E-state index contributed by atoms with van der Waals surface area (Å²) in [4.78, 5) is 0.0560. The average Bonchev–Trinajstić information content (AvgIpc) is 2.59. The molecule has 6 nitrogen and oxygen atoms in total. The van der Waals surface area contributed by atoms with Gasteiger partial charge in [-0.05, 0) is 24.3 Å². The van der Waals surface area contributed by atoms with Gasteiger partial charge in [0.2, 0.25) is 10.0 Å². The summed E-state index contributed by atoms with van der Waals surface area (Å²) >= 11 is 0. The molecule has 0 saturated heterocycles. The molecule has 0 spiro atoms. The van der Waals surface area contributed by atoms with Crippen LogP contribution in [0.4, 0.5) is 0 Å². The van der Waals surface area contributed by atoms with Gasteiger partial charge < -0.3 is 14.2 Å². The molecule has 2 aromatic rings. The topological polar surface area (TPSA) is 73.9 Å². The van der Waals surface area contributed by atoms with Crippen molar-refractivity contribution in [3.8, 4) is 17.2 Å². The Balaban J connectivity index is 1.99. The van der Waals surface area contributed by atoms with Crippen LogP contribution in [0.25, 0.3) is 0 Å². The fourth-order valence-electron chi connectivity index (χ4n) is 1.94. The van der Waals surface area contributed by atoms with E-state index < -0.39 is 10.0 Å². The zero-order valence-electron chi connectivity index (χ0n) is 13.0. The first-order chi connectivity index (χ1) is 11.1. The maximum absolute atomic E-state index is 12.3. The number of methoxy groups -OCH3 is 2. The van der Waals surface area contributed by atoms with E-state index in [1.807, 2.05) is 18.2 Å². The van der Waals surface area contributed by atoms with E-state index in [0.29, 0.717) is 11.5 Å². The van der Waals surface area contributed by atoms with Gasteiger partial charge in [-0.15, -0.1) is 0 Å². The third-order valence-electron chi connectivity index (χ3n) is 3.07. The van der Waals surface area contributed by atoms with Crippen LogP contribution in [-0.4, -0.2) is 35.8 Å². The lowest BCUT2D eigenvalue weighted by Crippen LogP contribution is -2.28. The predicted molar refractivity (Wildman–Crippen MR) is 86.7 cm³/mol. The molecule has 124 valence electrons. The van der Waals surface area contributed by atoms with Crippen molar-refractivity contribution in [1.82, 2.24) is 4.72 Å². The molecule has 2 aromatic carbocycles. The third kappa shape index (κ3) is 4.61. The van der Waals surface area contributed by atoms with Crippen molar-refractivity contribution >= 4 is 10.0 Å². The summed E-state index contributed by atoms with van der Waals surface area (Å²) in [5.74, 6) is 1.43. The van der Waals surface area contributed by atoms with E-state index >= 15 is 0 Å². The second-order valence-electron chi connectivity index (χ2n) is 4.58. The number of sulfonamides is 1. The van der Waals surface area contributed by atoms with E-state index in [1.165, 1.54) is 26.4 Å². The van der Waals surface area contributed by atoms with Crippen LogP contribution < -0.4 is 18.9 Å². The maximum atomic E-state index is 12.3. The number of ether oxygens (including phenoxy) is 3. The summed E-state index contributed by atoms with van der Waals surface area (Å²) in [5.41, 5.74) is 0. The minimum absolute atomic E-state index is 0.0560. The molecule has 0 unspecified atom stereocenters. The SMILES string of the molecule is COc1ccc(S(=O)(=O)NCCOc2ccccc2)c(OC)c1. The Morgan fingerprint density at radius 3 is 2.35 bits per heavy atom. The molecule has 7 heteroatoms. The molecule has 0 atom stereocenters. The quantitative estimate of drug-likeness (QED) is 0.747. The number of rotatable bonds is 8. The van der Waals surface area contributed by atoms with Crippen LogP contribution in [0.15, 0.2) is 53.4 Å². The molecule has 0 heterocycles. The van der Waals surface area contributed by atoms with Crippen molar-refractivity contribution in [2.45, 2.75) is 4.90 Å². The van der Waals surface area contributed by atoms with Crippen LogP contribution >= 0.6 is 0 Å². The Kier molecular flexibility index (Phi) is 5.84. The molecule has 0 fully saturated rings. The smallest absolute Gasteiger partial charge is 0.244 e. The highest BCUT2D eigenvalue weighted by Crippen LogP contribution is 2.28. The molecule has 0 aliphatic heterocycles. The van der Waals surface area contributed by atoms with E-state index in [1.54, 1.807) is 18.2 Å². The minimum atomic E-state index is -3.69. The standard InChI is InChI=1S/C16H19NO5S/c1-20-14-8-9-16(15(12-14)21-2)23(18,19)17-10-11-22-13-6-4-3-5-7-13/h3-9,12,17H,10-11H2,1-2H3. The van der Waals surface area contributed by atoms with Crippen molar-refractivity contribution in [2.24, 2.45) is 0 Å². The lowest BCUT2D eigenvalue weighted by atomic mass is 10.3. The molecule has 23 heavy (non-hydrogen) atoms. The molecule has 0 aliphatic rings. The Bertz CT molecular complexity index is 731. The van der Waals surface area contributed by atoms with Gasteiger partial charge in [-0.25, -0.2) is 13.1 Å². The molecular weight excluding hydrogens is 318 g/mol. The highest BCUT2D eigenvalue weighted by molar-refractivity contribution is 7.89. The van der Waals surface area contributed by atoms with Gasteiger partial charge >= 0.3 is 0 Å². The molecular formula is C16H19NO5S. The second-order valence-corrected chi connectivity index (χ2v) is 6.31. The summed E-state index contributed by atoms with van der Waals surface area (Å²) in [6, 6.07) is 13.7. The fraction of sp³-hybridized carbons (Fsp3) is 0.250. The average molecular weight is 337 g/mol. The summed E-state index contributed by atoms with van der Waals surface area (Å²) in [6.07, 6.45) is 0. The van der Waals surface area contributed by atoms with E-state index in [2.05, 4.69) is 4.72 Å². The molecule has 0 aromatic heterocycles. The van der Waals surface area contributed by atoms with Crippen LogP contribution in [0.2, 0.25) is 0 Å². The van der Waals surface area contributed by atoms with E-state index in [4.69, 9.17) is 14.2 Å². The molecule has 2 rings (SSSR count). The molecule has 1 N–H and O–H groups in total. The fourth-order valence-corrected chi connectivity index (χ4v) is 3.10. The number of para-hydroxylation sites is 1. The van der Waals surface area contributed by atoms with Gasteiger partial charge in [0.05, 0.1) is 14.2 Å². The van der Waals surface area contributed by atoms with Gasteiger partial charge in [-0.1, -0.05) is 18.2 Å². The van der Waals surface area contributed by atoms with E-state index in [-0.39, 0.29) is 23.8 Å². The van der Waals surface area contributed by atoms with Crippen LogP contribution in [0.3, 0.4) is 0 Å². The lowest BCUT2D eigenvalue weighted by Gasteiger charge is -2.12. The van der Waals surface area contributed by atoms with Gasteiger partial charge in [0.15, 0.2) is 0 Å². The third-order valence-corrected chi connectivity index (χ3v) is 4.57. The van der Waals surface area contributed by atoms with Gasteiger partial charge in [-0.3, -0.25) is 0 Å². The predicted octanol–water partition coefficient (Wildman–Crippen LogP) is 2.06. The Morgan fingerprint density at radius 1 is 0.957 bits per heavy atom. The second kappa shape index (κ2) is 7.85. The number of hydrogen-bond donors (Lipinski definition) is 1. The van der Waals surface area contributed by atoms with Crippen LogP contribution in [0.1, 0.15) is 0 Å². The Labute approximate surface area is 136 Å². The van der Waals surface area contributed by atoms with Crippen molar-refractivity contribution in [3.05, 3.63) is 48.5 Å². The zero-order chi connectivity index (χ0) is 16.7. The molecule has 0 aliphatic carbocycles. The minimum Gasteiger partial charge on any atom is -0.497 e. The van der Waals surface area contributed by atoms with Crippen molar-refractivity contribution in [2.75, 3.05) is 27.4 Å². The zero-order valence-corrected chi connectivity index (χ0v) is 13.8. The van der Waals surface area contributed by atoms with Gasteiger partial charge in [0.1, 0.15) is 28.8 Å². The van der Waals surface area contributed by atoms with Crippen molar-refractivity contribution in [1.29, 1.82) is 0 Å². The first-order valence-electron chi connectivity index (χ1n) is 6.96. The molecule has 0 radical (unpaired) electrons. The molecule has 0 amide bonds. The van der Waals surface area contributed by atoms with Crippen LogP contribution in [0, 0.1) is 0 Å². The van der Waals surface area contributed by atoms with Crippen LogP contribution in [-0.2, 0) is 10.0 Å². The van der Waals surface area contributed by atoms with Crippen LogP contribution in [0.5, 0.6) is 17.2 Å². The highest BCUT2D eigenvalue weighted by atomic mass is 32.2. The van der Waals surface area contributed by atoms with E-state index in [9.17, 15) is 8.42 Å². The largest absolute Gasteiger partial charge is 0.497 e. The normalized spacial score (nSPS) is 11.0. The van der Waals surface area contributed by atoms with Crippen molar-refractivity contribution < 1.29 is 22.6 Å². The maximum Gasteiger partial charge on any atom is 0.244 e. The lowest BCUT2D eigenvalue weighted by molar-refractivity contribution is 0.322. The van der Waals surface area contributed by atoms with Crippen molar-refractivity contribution in [3.63, 3.8) is 0 Å².